The summed E-state index contributed by atoms with van der Waals surface area (Å²) in [4.78, 5) is 14.3. The minimum atomic E-state index is 0.379. The van der Waals surface area contributed by atoms with Crippen LogP contribution in [0.4, 0.5) is 11.5 Å². The lowest BCUT2D eigenvalue weighted by molar-refractivity contribution is 0.122. The Balaban J connectivity index is 1.71. The lowest BCUT2D eigenvalue weighted by Crippen LogP contribution is -2.47. The zero-order valence-corrected chi connectivity index (χ0v) is 16.6. The van der Waals surface area contributed by atoms with E-state index < -0.39 is 0 Å². The summed E-state index contributed by atoms with van der Waals surface area (Å²) in [5.41, 5.74) is 4.72. The lowest BCUT2D eigenvalue weighted by Gasteiger charge is -2.37. The summed E-state index contributed by atoms with van der Waals surface area (Å²) < 4.78 is 5.54. The molecule has 2 aliphatic rings. The number of piperazine rings is 1. The summed E-state index contributed by atoms with van der Waals surface area (Å²) in [5, 5.41) is 11.7. The Morgan fingerprint density at radius 2 is 2.07 bits per heavy atom. The molecule has 2 N–H and O–H groups in total. The second-order valence-electron chi connectivity index (χ2n) is 7.58. The van der Waals surface area contributed by atoms with E-state index in [2.05, 4.69) is 49.9 Å². The Morgan fingerprint density at radius 3 is 2.86 bits per heavy atom. The number of morpholine rings is 1. The highest BCUT2D eigenvalue weighted by atomic mass is 16.5. The largest absolute Gasteiger partial charge is 0.378 e. The summed E-state index contributed by atoms with van der Waals surface area (Å²) in [7, 11) is 0. The van der Waals surface area contributed by atoms with Crippen molar-refractivity contribution < 1.29 is 4.74 Å². The van der Waals surface area contributed by atoms with E-state index in [1.54, 1.807) is 6.20 Å². The summed E-state index contributed by atoms with van der Waals surface area (Å²) in [6.07, 6.45) is 3.58. The first-order valence-electron chi connectivity index (χ1n) is 10.0. The Bertz CT molecular complexity index is 1030. The van der Waals surface area contributed by atoms with Crippen LogP contribution in [0.5, 0.6) is 0 Å². The second-order valence-corrected chi connectivity index (χ2v) is 7.58. The van der Waals surface area contributed by atoms with Gasteiger partial charge in [-0.25, -0.2) is 4.98 Å². The SMILES string of the molecule is C=C1CN[C@@H](C)CN1c1cc(N2CCOCC2)nc2c(-c3ccn[nH]3)nccc12. The number of aromatic nitrogens is 4. The average molecular weight is 391 g/mol. The molecule has 3 aromatic rings. The van der Waals surface area contributed by atoms with Crippen molar-refractivity contribution in [2.45, 2.75) is 13.0 Å². The molecular formula is C21H25N7O. The van der Waals surface area contributed by atoms with Crippen LogP contribution in [0.1, 0.15) is 6.92 Å². The number of rotatable bonds is 3. The van der Waals surface area contributed by atoms with Crippen molar-refractivity contribution in [1.29, 1.82) is 0 Å². The number of pyridine rings is 2. The van der Waals surface area contributed by atoms with E-state index in [1.807, 2.05) is 18.3 Å². The highest BCUT2D eigenvalue weighted by molar-refractivity contribution is 6.00. The zero-order valence-electron chi connectivity index (χ0n) is 16.6. The molecule has 0 aromatic carbocycles. The molecule has 2 fully saturated rings. The van der Waals surface area contributed by atoms with E-state index in [1.165, 1.54) is 0 Å². The standard InChI is InChI=1S/C21H25N7O/c1-14-13-28(15(2)12-23-14)18-11-19(27-7-9-29-10-8-27)25-20-16(18)3-5-22-21(20)17-4-6-24-26-17/h3-6,11,14,23H,2,7-10,12-13H2,1H3,(H,24,26)/t14-/m0/s1. The van der Waals surface area contributed by atoms with Crippen LogP contribution in [0.25, 0.3) is 22.3 Å². The van der Waals surface area contributed by atoms with Gasteiger partial charge in [0.1, 0.15) is 17.0 Å². The van der Waals surface area contributed by atoms with Crippen LogP contribution in [-0.2, 0) is 4.74 Å². The van der Waals surface area contributed by atoms with Gasteiger partial charge in [-0.2, -0.15) is 5.10 Å². The van der Waals surface area contributed by atoms with Crippen LogP contribution in [0.2, 0.25) is 0 Å². The maximum Gasteiger partial charge on any atom is 0.131 e. The highest BCUT2D eigenvalue weighted by Gasteiger charge is 2.25. The minimum Gasteiger partial charge on any atom is -0.378 e. The molecule has 0 unspecified atom stereocenters. The number of anilines is 2. The van der Waals surface area contributed by atoms with Crippen molar-refractivity contribution in [3.63, 3.8) is 0 Å². The summed E-state index contributed by atoms with van der Waals surface area (Å²) in [6, 6.07) is 6.54. The molecule has 0 spiro atoms. The fraction of sp³-hybridized carbons (Fsp3) is 0.381. The predicted octanol–water partition coefficient (Wildman–Crippen LogP) is 2.17. The number of hydrogen-bond acceptors (Lipinski definition) is 7. The summed E-state index contributed by atoms with van der Waals surface area (Å²) >= 11 is 0. The minimum absolute atomic E-state index is 0.379. The molecule has 0 amide bonds. The number of nitrogens with one attached hydrogen (secondary N) is 2. The monoisotopic (exact) mass is 391 g/mol. The Hall–Kier alpha value is -2.97. The van der Waals surface area contributed by atoms with Crippen LogP contribution >= 0.6 is 0 Å². The molecule has 0 saturated carbocycles. The number of ether oxygens (including phenoxy) is 1. The molecule has 2 aliphatic heterocycles. The van der Waals surface area contributed by atoms with Crippen molar-refractivity contribution in [2.24, 2.45) is 0 Å². The summed E-state index contributed by atoms with van der Waals surface area (Å²) in [5.74, 6) is 0.948. The van der Waals surface area contributed by atoms with Crippen LogP contribution < -0.4 is 15.1 Å². The number of nitrogens with zero attached hydrogens (tertiary/aromatic N) is 5. The van der Waals surface area contributed by atoms with E-state index in [0.717, 1.165) is 65.7 Å². The van der Waals surface area contributed by atoms with Crippen molar-refractivity contribution in [2.75, 3.05) is 49.2 Å². The first-order valence-corrected chi connectivity index (χ1v) is 10.0. The Morgan fingerprint density at radius 1 is 1.21 bits per heavy atom. The molecule has 5 rings (SSSR count). The van der Waals surface area contributed by atoms with E-state index in [-0.39, 0.29) is 0 Å². The van der Waals surface area contributed by atoms with Gasteiger partial charge in [0.15, 0.2) is 0 Å². The quantitative estimate of drug-likeness (QED) is 0.708. The molecule has 0 aliphatic carbocycles. The van der Waals surface area contributed by atoms with Gasteiger partial charge in [0.2, 0.25) is 0 Å². The third-order valence-electron chi connectivity index (χ3n) is 5.57. The van der Waals surface area contributed by atoms with Crippen LogP contribution in [0, 0.1) is 0 Å². The maximum absolute atomic E-state index is 5.54. The summed E-state index contributed by atoms with van der Waals surface area (Å²) in [6.45, 7) is 11.2. The molecule has 150 valence electrons. The molecule has 0 bridgehead atoms. The third-order valence-corrected chi connectivity index (χ3v) is 5.57. The molecule has 8 heteroatoms. The van der Waals surface area contributed by atoms with Gasteiger partial charge in [0, 0.05) is 61.8 Å². The topological polar surface area (TPSA) is 82.2 Å². The third kappa shape index (κ3) is 3.34. The molecule has 29 heavy (non-hydrogen) atoms. The highest BCUT2D eigenvalue weighted by Crippen LogP contribution is 2.36. The lowest BCUT2D eigenvalue weighted by atomic mass is 10.1. The van der Waals surface area contributed by atoms with Crippen molar-refractivity contribution in [3.8, 4) is 11.4 Å². The van der Waals surface area contributed by atoms with Gasteiger partial charge >= 0.3 is 0 Å². The van der Waals surface area contributed by atoms with Gasteiger partial charge < -0.3 is 19.9 Å². The molecule has 2 saturated heterocycles. The number of aromatic amines is 1. The molecule has 5 heterocycles. The molecule has 3 aromatic heterocycles. The van der Waals surface area contributed by atoms with Crippen molar-refractivity contribution in [1.82, 2.24) is 25.5 Å². The van der Waals surface area contributed by atoms with Gasteiger partial charge in [0.25, 0.3) is 0 Å². The first kappa shape index (κ1) is 18.1. The molecule has 1 atom stereocenters. The van der Waals surface area contributed by atoms with E-state index in [0.29, 0.717) is 19.3 Å². The smallest absolute Gasteiger partial charge is 0.131 e. The average Bonchev–Trinajstić information content (AvgIpc) is 3.29. The number of H-pyrrole nitrogens is 1. The molecule has 8 nitrogen and oxygen atoms in total. The number of fused-ring (bicyclic) bond motifs is 1. The zero-order chi connectivity index (χ0) is 19.8. The predicted molar refractivity (Wildman–Crippen MR) is 114 cm³/mol. The van der Waals surface area contributed by atoms with Gasteiger partial charge in [0.05, 0.1) is 24.6 Å². The van der Waals surface area contributed by atoms with Crippen LogP contribution in [-0.4, -0.2) is 65.6 Å². The molecular weight excluding hydrogens is 366 g/mol. The normalized spacial score (nSPS) is 20.4. The Kier molecular flexibility index (Phi) is 4.65. The maximum atomic E-state index is 5.54. The second kappa shape index (κ2) is 7.46. The van der Waals surface area contributed by atoms with E-state index in [4.69, 9.17) is 9.72 Å². The van der Waals surface area contributed by atoms with Crippen LogP contribution in [0.3, 0.4) is 0 Å². The Labute approximate surface area is 169 Å². The van der Waals surface area contributed by atoms with E-state index in [9.17, 15) is 0 Å². The van der Waals surface area contributed by atoms with Crippen molar-refractivity contribution in [3.05, 3.63) is 42.9 Å². The van der Waals surface area contributed by atoms with Gasteiger partial charge in [-0.3, -0.25) is 10.1 Å². The van der Waals surface area contributed by atoms with Crippen LogP contribution in [0.15, 0.2) is 42.9 Å². The van der Waals surface area contributed by atoms with Gasteiger partial charge in [-0.15, -0.1) is 0 Å². The first-order chi connectivity index (χ1) is 14.2. The number of hydrogen-bond donors (Lipinski definition) is 2. The fourth-order valence-electron chi connectivity index (χ4n) is 4.01. The van der Waals surface area contributed by atoms with Crippen molar-refractivity contribution >= 4 is 22.4 Å². The van der Waals surface area contributed by atoms with Gasteiger partial charge in [-0.05, 0) is 19.1 Å². The van der Waals surface area contributed by atoms with Gasteiger partial charge in [-0.1, -0.05) is 6.58 Å². The fourth-order valence-corrected chi connectivity index (χ4v) is 4.01. The van der Waals surface area contributed by atoms with E-state index >= 15 is 0 Å². The molecule has 0 radical (unpaired) electrons.